The van der Waals surface area contributed by atoms with Crippen molar-refractivity contribution in [3.63, 3.8) is 0 Å². The molecule has 0 aliphatic rings. The summed E-state index contributed by atoms with van der Waals surface area (Å²) in [7, 11) is 0. The second kappa shape index (κ2) is 4.86. The molecule has 0 aliphatic carbocycles. The van der Waals surface area contributed by atoms with E-state index >= 15 is 0 Å². The molecule has 0 spiro atoms. The number of thioether (sulfide) groups is 1. The third-order valence-corrected chi connectivity index (χ3v) is 2.18. The minimum absolute atomic E-state index is 0.0594. The van der Waals surface area contributed by atoms with Crippen LogP contribution < -0.4 is 0 Å². The molecule has 13 heavy (non-hydrogen) atoms. The molecule has 1 heterocycles. The molecule has 0 aromatic carbocycles. The lowest BCUT2D eigenvalue weighted by molar-refractivity contribution is -0.133. The van der Waals surface area contributed by atoms with Crippen LogP contribution in [0.25, 0.3) is 0 Å². The SMILES string of the molecule is CCc1noc(CSCC(=O)O)n1. The third kappa shape index (κ3) is 3.45. The standard InChI is InChI=1S/C7H10N2O3S/c1-2-5-8-6(12-9-5)3-13-4-7(10)11/h2-4H2,1H3,(H,10,11). The van der Waals surface area contributed by atoms with Crippen molar-refractivity contribution in [2.45, 2.75) is 19.1 Å². The van der Waals surface area contributed by atoms with Gasteiger partial charge in [-0.25, -0.2) is 0 Å². The Labute approximate surface area is 79.5 Å². The second-order valence-electron chi connectivity index (χ2n) is 2.34. The first-order chi connectivity index (χ1) is 6.22. The fourth-order valence-electron chi connectivity index (χ4n) is 0.718. The highest BCUT2D eigenvalue weighted by Gasteiger charge is 2.05. The average molecular weight is 202 g/mol. The van der Waals surface area contributed by atoms with E-state index in [4.69, 9.17) is 9.63 Å². The number of nitrogens with zero attached hydrogens (tertiary/aromatic N) is 2. The summed E-state index contributed by atoms with van der Waals surface area (Å²) in [5.74, 6) is 0.831. The van der Waals surface area contributed by atoms with Gasteiger partial charge < -0.3 is 9.63 Å². The quantitative estimate of drug-likeness (QED) is 0.766. The lowest BCUT2D eigenvalue weighted by atomic mass is 10.5. The molecule has 0 bridgehead atoms. The van der Waals surface area contributed by atoms with Crippen molar-refractivity contribution in [3.8, 4) is 0 Å². The Balaban J connectivity index is 2.32. The monoisotopic (exact) mass is 202 g/mol. The van der Waals surface area contributed by atoms with Gasteiger partial charge in [-0.1, -0.05) is 12.1 Å². The van der Waals surface area contributed by atoms with Crippen LogP contribution >= 0.6 is 11.8 Å². The number of aryl methyl sites for hydroxylation is 1. The highest BCUT2D eigenvalue weighted by atomic mass is 32.2. The Hall–Kier alpha value is -1.04. The number of carboxylic acid groups (broad SMARTS) is 1. The highest BCUT2D eigenvalue weighted by molar-refractivity contribution is 7.99. The molecule has 0 saturated carbocycles. The Morgan fingerprint density at radius 1 is 1.69 bits per heavy atom. The molecular formula is C7H10N2O3S. The predicted octanol–water partition coefficient (Wildman–Crippen LogP) is 0.950. The number of carboxylic acids is 1. The molecule has 72 valence electrons. The van der Waals surface area contributed by atoms with Crippen molar-refractivity contribution in [1.29, 1.82) is 0 Å². The van der Waals surface area contributed by atoms with E-state index in [-0.39, 0.29) is 5.75 Å². The molecule has 1 rings (SSSR count). The predicted molar refractivity (Wildman–Crippen MR) is 47.5 cm³/mol. The summed E-state index contributed by atoms with van der Waals surface area (Å²) in [5.41, 5.74) is 0. The van der Waals surface area contributed by atoms with Gasteiger partial charge >= 0.3 is 5.97 Å². The second-order valence-corrected chi connectivity index (χ2v) is 3.33. The topological polar surface area (TPSA) is 76.2 Å². The van der Waals surface area contributed by atoms with Crippen LogP contribution in [-0.2, 0) is 17.0 Å². The van der Waals surface area contributed by atoms with E-state index in [1.54, 1.807) is 0 Å². The number of hydrogen-bond acceptors (Lipinski definition) is 5. The largest absolute Gasteiger partial charge is 0.481 e. The minimum Gasteiger partial charge on any atom is -0.481 e. The normalized spacial score (nSPS) is 10.2. The molecule has 1 aromatic heterocycles. The zero-order chi connectivity index (χ0) is 9.68. The fraction of sp³-hybridized carbons (Fsp3) is 0.571. The van der Waals surface area contributed by atoms with Crippen LogP contribution in [-0.4, -0.2) is 27.0 Å². The maximum Gasteiger partial charge on any atom is 0.313 e. The summed E-state index contributed by atoms with van der Waals surface area (Å²) in [6, 6.07) is 0. The van der Waals surface area contributed by atoms with Crippen molar-refractivity contribution in [2.75, 3.05) is 5.75 Å². The van der Waals surface area contributed by atoms with Crippen LogP contribution in [0.2, 0.25) is 0 Å². The fourth-order valence-corrected chi connectivity index (χ4v) is 1.29. The Bertz CT molecular complexity index is 287. The van der Waals surface area contributed by atoms with Gasteiger partial charge in [-0.3, -0.25) is 4.79 Å². The first kappa shape index (κ1) is 10.0. The van der Waals surface area contributed by atoms with Crippen LogP contribution in [0.5, 0.6) is 0 Å². The van der Waals surface area contributed by atoms with E-state index in [2.05, 4.69) is 10.1 Å². The van der Waals surface area contributed by atoms with Crippen LogP contribution in [0, 0.1) is 0 Å². The maximum absolute atomic E-state index is 10.2. The van der Waals surface area contributed by atoms with Gasteiger partial charge in [-0.15, -0.1) is 11.8 Å². The number of carbonyl (C=O) groups is 1. The Morgan fingerprint density at radius 2 is 2.46 bits per heavy atom. The molecule has 0 saturated heterocycles. The number of rotatable bonds is 5. The summed E-state index contributed by atoms with van der Waals surface area (Å²) in [6.07, 6.45) is 0.729. The first-order valence-electron chi connectivity index (χ1n) is 3.83. The lowest BCUT2D eigenvalue weighted by Gasteiger charge is -1.90. The van der Waals surface area contributed by atoms with Crippen molar-refractivity contribution in [2.24, 2.45) is 0 Å². The molecule has 5 nitrogen and oxygen atoms in total. The van der Waals surface area contributed by atoms with E-state index < -0.39 is 5.97 Å². The van der Waals surface area contributed by atoms with Gasteiger partial charge in [0.1, 0.15) is 0 Å². The molecule has 0 fully saturated rings. The van der Waals surface area contributed by atoms with Crippen molar-refractivity contribution in [3.05, 3.63) is 11.7 Å². The van der Waals surface area contributed by atoms with Crippen molar-refractivity contribution < 1.29 is 14.4 Å². The van der Waals surface area contributed by atoms with Gasteiger partial charge in [0.15, 0.2) is 5.82 Å². The van der Waals surface area contributed by atoms with Crippen molar-refractivity contribution in [1.82, 2.24) is 10.1 Å². The van der Waals surface area contributed by atoms with E-state index in [9.17, 15) is 4.79 Å². The summed E-state index contributed by atoms with van der Waals surface area (Å²) in [4.78, 5) is 14.2. The molecule has 0 unspecified atom stereocenters. The molecule has 0 atom stereocenters. The zero-order valence-corrected chi connectivity index (χ0v) is 8.00. The van der Waals surface area contributed by atoms with Crippen LogP contribution in [0.15, 0.2) is 4.52 Å². The minimum atomic E-state index is -0.833. The Morgan fingerprint density at radius 3 is 3.00 bits per heavy atom. The highest BCUT2D eigenvalue weighted by Crippen LogP contribution is 2.09. The van der Waals surface area contributed by atoms with Crippen LogP contribution in [0.1, 0.15) is 18.6 Å². The van der Waals surface area contributed by atoms with Gasteiger partial charge in [0.25, 0.3) is 0 Å². The summed E-state index contributed by atoms with van der Waals surface area (Å²) >= 11 is 1.24. The van der Waals surface area contributed by atoms with E-state index in [1.807, 2.05) is 6.92 Å². The molecule has 6 heteroatoms. The Kier molecular flexibility index (Phi) is 3.75. The van der Waals surface area contributed by atoms with Gasteiger partial charge in [-0.2, -0.15) is 4.98 Å². The van der Waals surface area contributed by atoms with E-state index in [0.29, 0.717) is 17.5 Å². The van der Waals surface area contributed by atoms with Crippen molar-refractivity contribution >= 4 is 17.7 Å². The lowest BCUT2D eigenvalue weighted by Crippen LogP contribution is -1.98. The third-order valence-electron chi connectivity index (χ3n) is 1.28. The summed E-state index contributed by atoms with van der Waals surface area (Å²) in [6.45, 7) is 1.93. The summed E-state index contributed by atoms with van der Waals surface area (Å²) in [5, 5.41) is 12.0. The maximum atomic E-state index is 10.2. The zero-order valence-electron chi connectivity index (χ0n) is 7.19. The van der Waals surface area contributed by atoms with Gasteiger partial charge in [0, 0.05) is 6.42 Å². The van der Waals surface area contributed by atoms with Gasteiger partial charge in [0.05, 0.1) is 11.5 Å². The van der Waals surface area contributed by atoms with Crippen LogP contribution in [0.4, 0.5) is 0 Å². The van der Waals surface area contributed by atoms with Gasteiger partial charge in [-0.05, 0) is 0 Å². The first-order valence-corrected chi connectivity index (χ1v) is 4.99. The molecule has 1 aromatic rings. The van der Waals surface area contributed by atoms with Crippen LogP contribution in [0.3, 0.4) is 0 Å². The van der Waals surface area contributed by atoms with Gasteiger partial charge in [0.2, 0.25) is 5.89 Å². The molecule has 0 amide bonds. The average Bonchev–Trinajstić information content (AvgIpc) is 2.52. The number of aromatic nitrogens is 2. The van der Waals surface area contributed by atoms with E-state index in [1.165, 1.54) is 11.8 Å². The smallest absolute Gasteiger partial charge is 0.313 e. The molecule has 1 N–H and O–H groups in total. The molecule has 0 radical (unpaired) electrons. The summed E-state index contributed by atoms with van der Waals surface area (Å²) < 4.78 is 4.86. The van der Waals surface area contributed by atoms with E-state index in [0.717, 1.165) is 6.42 Å². The number of aliphatic carboxylic acids is 1. The molecule has 0 aliphatic heterocycles. The number of hydrogen-bond donors (Lipinski definition) is 1. The molecular weight excluding hydrogens is 192 g/mol.